The number of hydrogen-bond acceptors (Lipinski definition) is 4. The molecule has 2 rings (SSSR count). The van der Waals surface area contributed by atoms with Crippen LogP contribution in [0.15, 0.2) is 60.7 Å². The number of nitrogens with one attached hydrogen (secondary N) is 1. The van der Waals surface area contributed by atoms with Crippen LogP contribution in [0.5, 0.6) is 0 Å². The summed E-state index contributed by atoms with van der Waals surface area (Å²) in [4.78, 5) is 0. The molecule has 1 N–H and O–H groups in total. The van der Waals surface area contributed by atoms with E-state index >= 15 is 0 Å². The Balaban J connectivity index is 2.31. The summed E-state index contributed by atoms with van der Waals surface area (Å²) in [6.07, 6.45) is 0. The molecule has 0 saturated heterocycles. The maximum atomic E-state index is 12.9. The molecule has 0 aliphatic rings. The molecule has 2 aromatic rings. The number of rotatable bonds is 7. The van der Waals surface area contributed by atoms with Gasteiger partial charge in [0, 0.05) is 20.3 Å². The molecule has 0 aliphatic heterocycles. The second-order valence-corrected chi connectivity index (χ2v) is 7.34. The topological polar surface area (TPSA) is 47.6 Å². The lowest BCUT2D eigenvalue weighted by molar-refractivity contribution is 0.256. The van der Waals surface area contributed by atoms with Gasteiger partial charge in [-0.25, -0.2) is 0 Å². The highest BCUT2D eigenvalue weighted by atomic mass is 31.2. The van der Waals surface area contributed by atoms with Crippen LogP contribution in [-0.4, -0.2) is 14.2 Å². The van der Waals surface area contributed by atoms with E-state index in [1.807, 2.05) is 67.6 Å². The van der Waals surface area contributed by atoms with Gasteiger partial charge < -0.3 is 9.05 Å². The van der Waals surface area contributed by atoms with Crippen LogP contribution in [0, 0.1) is 0 Å². The molecule has 0 radical (unpaired) electrons. The Bertz CT molecular complexity index is 610. The summed E-state index contributed by atoms with van der Waals surface area (Å²) in [6, 6.07) is 19.6. The van der Waals surface area contributed by atoms with Gasteiger partial charge in [0.25, 0.3) is 0 Å². The normalized spacial score (nSPS) is 14.5. The molecule has 0 fully saturated rings. The van der Waals surface area contributed by atoms with Gasteiger partial charge in [-0.05, 0) is 18.1 Å². The predicted molar refractivity (Wildman–Crippen MR) is 88.8 cm³/mol. The van der Waals surface area contributed by atoms with E-state index in [1.54, 1.807) is 0 Å². The molecular weight excluding hydrogens is 297 g/mol. The van der Waals surface area contributed by atoms with Crippen molar-refractivity contribution in [3.8, 4) is 0 Å². The molecule has 0 aliphatic carbocycles. The van der Waals surface area contributed by atoms with Crippen molar-refractivity contribution in [3.05, 3.63) is 71.8 Å². The fourth-order valence-corrected chi connectivity index (χ4v) is 3.88. The van der Waals surface area contributed by atoms with Crippen LogP contribution in [0.3, 0.4) is 0 Å². The van der Waals surface area contributed by atoms with Crippen LogP contribution in [0.25, 0.3) is 0 Å². The van der Waals surface area contributed by atoms with Gasteiger partial charge in [-0.3, -0.25) is 9.88 Å². The van der Waals surface area contributed by atoms with Gasteiger partial charge in [-0.2, -0.15) is 0 Å². The Morgan fingerprint density at radius 3 is 1.77 bits per heavy atom. The Labute approximate surface area is 132 Å². The molecule has 0 heterocycles. The molecule has 0 aromatic heterocycles. The van der Waals surface area contributed by atoms with E-state index in [-0.39, 0.29) is 6.04 Å². The Hall–Kier alpha value is -1.45. The molecule has 0 saturated carbocycles. The zero-order chi connectivity index (χ0) is 16.0. The van der Waals surface area contributed by atoms with Crippen molar-refractivity contribution in [2.75, 3.05) is 14.2 Å². The molecule has 2 atom stereocenters. The summed E-state index contributed by atoms with van der Waals surface area (Å²) in [5, 5.41) is 3.38. The maximum absolute atomic E-state index is 12.9. The van der Waals surface area contributed by atoms with E-state index in [4.69, 9.17) is 9.05 Å². The highest BCUT2D eigenvalue weighted by Gasteiger charge is 2.36. The highest BCUT2D eigenvalue weighted by molar-refractivity contribution is 7.54. The average Bonchev–Trinajstić information content (AvgIpc) is 2.60. The summed E-state index contributed by atoms with van der Waals surface area (Å²) < 4.78 is 23.3. The maximum Gasteiger partial charge on any atom is 0.351 e. The van der Waals surface area contributed by atoms with Crippen LogP contribution in [-0.2, 0) is 13.6 Å². The molecule has 0 bridgehead atoms. The van der Waals surface area contributed by atoms with Crippen LogP contribution >= 0.6 is 7.60 Å². The number of hydrogen-bond donors (Lipinski definition) is 1. The first-order chi connectivity index (χ1) is 10.6. The lowest BCUT2D eigenvalue weighted by atomic mass is 10.1. The second kappa shape index (κ2) is 7.70. The van der Waals surface area contributed by atoms with Crippen LogP contribution in [0.1, 0.15) is 29.9 Å². The summed E-state index contributed by atoms with van der Waals surface area (Å²) in [6.45, 7) is 2.03. The molecule has 0 amide bonds. The van der Waals surface area contributed by atoms with Gasteiger partial charge in [0.15, 0.2) is 0 Å². The number of benzene rings is 2. The van der Waals surface area contributed by atoms with Crippen molar-refractivity contribution < 1.29 is 13.6 Å². The fraction of sp³-hybridized carbons (Fsp3) is 0.294. The van der Waals surface area contributed by atoms with Gasteiger partial charge in [-0.1, -0.05) is 60.7 Å². The Morgan fingerprint density at radius 1 is 0.864 bits per heavy atom. The molecule has 5 heteroatoms. The minimum absolute atomic E-state index is 0.00466. The highest BCUT2D eigenvalue weighted by Crippen LogP contribution is 2.59. The van der Waals surface area contributed by atoms with Crippen LogP contribution < -0.4 is 5.32 Å². The lowest BCUT2D eigenvalue weighted by Crippen LogP contribution is -2.25. The average molecular weight is 319 g/mol. The second-order valence-electron chi connectivity index (χ2n) is 5.02. The predicted octanol–water partition coefficient (Wildman–Crippen LogP) is 4.52. The molecule has 0 unspecified atom stereocenters. The lowest BCUT2D eigenvalue weighted by Gasteiger charge is -2.28. The first kappa shape index (κ1) is 16.9. The summed E-state index contributed by atoms with van der Waals surface area (Å²) in [7, 11) is -0.475. The third kappa shape index (κ3) is 3.84. The van der Waals surface area contributed by atoms with Gasteiger partial charge in [-0.15, -0.1) is 0 Å². The largest absolute Gasteiger partial charge is 0.351 e. The van der Waals surface area contributed by atoms with Gasteiger partial charge in [0.1, 0.15) is 5.78 Å². The van der Waals surface area contributed by atoms with E-state index in [1.165, 1.54) is 14.2 Å². The van der Waals surface area contributed by atoms with E-state index in [0.717, 1.165) is 11.1 Å². The molecule has 22 heavy (non-hydrogen) atoms. The quantitative estimate of drug-likeness (QED) is 0.762. The third-order valence-corrected chi connectivity index (χ3v) is 5.75. The Morgan fingerprint density at radius 2 is 1.32 bits per heavy atom. The van der Waals surface area contributed by atoms with Gasteiger partial charge >= 0.3 is 7.60 Å². The SMILES string of the molecule is COP(=O)(OC)[C@H](N[C@H](C)c1ccccc1)c1ccccc1. The van der Waals surface area contributed by atoms with Crippen molar-refractivity contribution >= 4 is 7.60 Å². The van der Waals surface area contributed by atoms with Crippen molar-refractivity contribution in [2.24, 2.45) is 0 Å². The molecule has 118 valence electrons. The Kier molecular flexibility index (Phi) is 5.92. The van der Waals surface area contributed by atoms with Crippen molar-refractivity contribution in [2.45, 2.75) is 18.7 Å². The zero-order valence-corrected chi connectivity index (χ0v) is 14.0. The molecular formula is C17H22NO3P. The van der Waals surface area contributed by atoms with E-state index in [9.17, 15) is 4.57 Å². The van der Waals surface area contributed by atoms with Crippen molar-refractivity contribution in [1.29, 1.82) is 0 Å². The fourth-order valence-electron chi connectivity index (χ4n) is 2.37. The summed E-state index contributed by atoms with van der Waals surface area (Å²) in [5.41, 5.74) is 1.99. The van der Waals surface area contributed by atoms with E-state index in [2.05, 4.69) is 5.32 Å². The first-order valence-electron chi connectivity index (χ1n) is 7.18. The minimum atomic E-state index is -3.30. The first-order valence-corrected chi connectivity index (χ1v) is 8.79. The van der Waals surface area contributed by atoms with Gasteiger partial charge in [0.05, 0.1) is 0 Å². The monoisotopic (exact) mass is 319 g/mol. The van der Waals surface area contributed by atoms with Gasteiger partial charge in [0.2, 0.25) is 0 Å². The summed E-state index contributed by atoms with van der Waals surface area (Å²) >= 11 is 0. The van der Waals surface area contributed by atoms with Crippen LogP contribution in [0.4, 0.5) is 0 Å². The summed E-state index contributed by atoms with van der Waals surface area (Å²) in [5.74, 6) is -0.529. The van der Waals surface area contributed by atoms with Crippen molar-refractivity contribution in [1.82, 2.24) is 5.32 Å². The smallest absolute Gasteiger partial charge is 0.311 e. The van der Waals surface area contributed by atoms with Crippen LogP contribution in [0.2, 0.25) is 0 Å². The molecule has 2 aromatic carbocycles. The third-order valence-electron chi connectivity index (χ3n) is 3.65. The molecule has 0 spiro atoms. The van der Waals surface area contributed by atoms with Crippen molar-refractivity contribution in [3.63, 3.8) is 0 Å². The minimum Gasteiger partial charge on any atom is -0.311 e. The molecule has 4 nitrogen and oxygen atoms in total. The van der Waals surface area contributed by atoms with E-state index in [0.29, 0.717) is 0 Å². The van der Waals surface area contributed by atoms with E-state index < -0.39 is 13.4 Å². The zero-order valence-electron chi connectivity index (χ0n) is 13.1. The standard InChI is InChI=1S/C17H22NO3P/c1-14(15-10-6-4-7-11-15)18-17(22(19,20-2)21-3)16-12-8-5-9-13-16/h4-14,17-18H,1-3H3/t14-,17+/m1/s1.